The molecule has 2 aromatic carbocycles. The second kappa shape index (κ2) is 8.43. The number of hydrogen-bond donors (Lipinski definition) is 0. The zero-order valence-electron chi connectivity index (χ0n) is 15.4. The molecule has 0 N–H and O–H groups in total. The molecule has 0 aliphatic rings. The number of allylic oxidation sites excluding steroid dienone is 2. The van der Waals surface area contributed by atoms with Gasteiger partial charge in [-0.2, -0.15) is 0 Å². The van der Waals surface area contributed by atoms with E-state index in [1.54, 1.807) is 12.1 Å². The van der Waals surface area contributed by atoms with Crippen LogP contribution in [0.25, 0.3) is 0 Å². The van der Waals surface area contributed by atoms with Crippen molar-refractivity contribution >= 4 is 11.6 Å². The third-order valence-corrected chi connectivity index (χ3v) is 4.25. The summed E-state index contributed by atoms with van der Waals surface area (Å²) in [5.74, 6) is -0.272. The standard InChI is InChI=1S/C22H25NO2/c1-5-23(6-2)20(22(25)19-13-9-17(4)10-14-19)15-21(24)18-11-7-16(3)8-12-18/h7-15H,5-6H2,1-4H3/b20-15-. The molecule has 0 heterocycles. The first-order valence-electron chi connectivity index (χ1n) is 8.65. The third-order valence-electron chi connectivity index (χ3n) is 4.25. The van der Waals surface area contributed by atoms with Crippen LogP contribution in [0.5, 0.6) is 0 Å². The number of ketones is 2. The van der Waals surface area contributed by atoms with E-state index in [2.05, 4.69) is 0 Å². The van der Waals surface area contributed by atoms with Crippen LogP contribution in [0, 0.1) is 13.8 Å². The van der Waals surface area contributed by atoms with Gasteiger partial charge in [0, 0.05) is 30.3 Å². The lowest BCUT2D eigenvalue weighted by molar-refractivity contribution is 0.0975. The summed E-state index contributed by atoms with van der Waals surface area (Å²) < 4.78 is 0. The van der Waals surface area contributed by atoms with Crippen LogP contribution in [0.2, 0.25) is 0 Å². The van der Waals surface area contributed by atoms with Crippen molar-refractivity contribution in [2.75, 3.05) is 13.1 Å². The number of aryl methyl sites for hydroxylation is 2. The second-order valence-corrected chi connectivity index (χ2v) is 6.13. The SMILES string of the molecule is CCN(CC)/C(=C\C(=O)c1ccc(C)cc1)C(=O)c1ccc(C)cc1. The van der Waals surface area contributed by atoms with E-state index in [9.17, 15) is 9.59 Å². The second-order valence-electron chi connectivity index (χ2n) is 6.13. The average molecular weight is 335 g/mol. The summed E-state index contributed by atoms with van der Waals surface area (Å²) in [6.45, 7) is 9.26. The van der Waals surface area contributed by atoms with Gasteiger partial charge in [-0.3, -0.25) is 9.59 Å². The molecular formula is C22H25NO2. The highest BCUT2D eigenvalue weighted by Crippen LogP contribution is 2.16. The van der Waals surface area contributed by atoms with Gasteiger partial charge >= 0.3 is 0 Å². The third kappa shape index (κ3) is 4.66. The van der Waals surface area contributed by atoms with Crippen molar-refractivity contribution in [2.24, 2.45) is 0 Å². The first-order valence-corrected chi connectivity index (χ1v) is 8.65. The minimum absolute atomic E-state index is 0.121. The summed E-state index contributed by atoms with van der Waals surface area (Å²) in [5.41, 5.74) is 3.83. The predicted octanol–water partition coefficient (Wildman–Crippen LogP) is 4.59. The summed E-state index contributed by atoms with van der Waals surface area (Å²) >= 11 is 0. The molecule has 0 atom stereocenters. The van der Waals surface area contributed by atoms with Crippen LogP contribution in [0.4, 0.5) is 0 Å². The van der Waals surface area contributed by atoms with E-state index in [1.807, 2.05) is 69.0 Å². The van der Waals surface area contributed by atoms with Crippen molar-refractivity contribution in [3.63, 3.8) is 0 Å². The number of likely N-dealkylation sites (N-methyl/N-ethyl adjacent to an activating group) is 1. The Balaban J connectivity index is 2.41. The highest BCUT2D eigenvalue weighted by atomic mass is 16.1. The van der Waals surface area contributed by atoms with E-state index < -0.39 is 0 Å². The molecule has 0 aliphatic heterocycles. The minimum Gasteiger partial charge on any atom is -0.369 e. The number of carbonyl (C=O) groups excluding carboxylic acids is 2. The summed E-state index contributed by atoms with van der Waals surface area (Å²) in [4.78, 5) is 27.5. The molecule has 0 aliphatic carbocycles. The van der Waals surface area contributed by atoms with E-state index in [0.717, 1.165) is 11.1 Å². The van der Waals surface area contributed by atoms with Gasteiger partial charge in [-0.05, 0) is 27.7 Å². The molecule has 2 aromatic rings. The van der Waals surface area contributed by atoms with Gasteiger partial charge in [0.15, 0.2) is 5.78 Å². The fourth-order valence-electron chi connectivity index (χ4n) is 2.64. The topological polar surface area (TPSA) is 37.4 Å². The molecule has 0 spiro atoms. The molecule has 0 fully saturated rings. The summed E-state index contributed by atoms with van der Waals surface area (Å²) in [6.07, 6.45) is 1.47. The molecule has 0 amide bonds. The van der Waals surface area contributed by atoms with Gasteiger partial charge in [0.1, 0.15) is 0 Å². The van der Waals surface area contributed by atoms with Crippen LogP contribution in [-0.2, 0) is 0 Å². The molecule has 3 heteroatoms. The van der Waals surface area contributed by atoms with Crippen molar-refractivity contribution in [3.05, 3.63) is 82.6 Å². The van der Waals surface area contributed by atoms with E-state index in [1.165, 1.54) is 6.08 Å². The lowest BCUT2D eigenvalue weighted by Gasteiger charge is -2.23. The molecule has 130 valence electrons. The maximum absolute atomic E-state index is 13.0. The molecule has 0 aromatic heterocycles. The van der Waals surface area contributed by atoms with Crippen LogP contribution < -0.4 is 0 Å². The van der Waals surface area contributed by atoms with Gasteiger partial charge in [0.2, 0.25) is 5.78 Å². The van der Waals surface area contributed by atoms with Crippen molar-refractivity contribution in [1.82, 2.24) is 4.90 Å². The zero-order chi connectivity index (χ0) is 18.4. The number of nitrogens with zero attached hydrogens (tertiary/aromatic N) is 1. The number of hydrogen-bond acceptors (Lipinski definition) is 3. The van der Waals surface area contributed by atoms with Crippen LogP contribution in [0.15, 0.2) is 60.3 Å². The highest BCUT2D eigenvalue weighted by molar-refractivity contribution is 6.14. The maximum Gasteiger partial charge on any atom is 0.209 e. The fraction of sp³-hybridized carbons (Fsp3) is 0.273. The van der Waals surface area contributed by atoms with E-state index >= 15 is 0 Å². The molecule has 2 rings (SSSR count). The van der Waals surface area contributed by atoms with Gasteiger partial charge in [-0.1, -0.05) is 59.7 Å². The normalized spacial score (nSPS) is 11.3. The van der Waals surface area contributed by atoms with Gasteiger partial charge in [-0.25, -0.2) is 0 Å². The Kier molecular flexibility index (Phi) is 6.29. The molecule has 0 unspecified atom stereocenters. The smallest absolute Gasteiger partial charge is 0.209 e. The average Bonchev–Trinajstić information content (AvgIpc) is 2.62. The van der Waals surface area contributed by atoms with Crippen LogP contribution in [-0.4, -0.2) is 29.6 Å². The number of rotatable bonds is 7. The van der Waals surface area contributed by atoms with Crippen molar-refractivity contribution in [2.45, 2.75) is 27.7 Å². The molecule has 0 radical (unpaired) electrons. The summed E-state index contributed by atoms with van der Waals surface area (Å²) in [5, 5.41) is 0. The molecular weight excluding hydrogens is 310 g/mol. The first kappa shape index (κ1) is 18.7. The van der Waals surface area contributed by atoms with E-state index in [4.69, 9.17) is 0 Å². The van der Waals surface area contributed by atoms with Gasteiger partial charge in [-0.15, -0.1) is 0 Å². The molecule has 25 heavy (non-hydrogen) atoms. The van der Waals surface area contributed by atoms with Crippen LogP contribution >= 0.6 is 0 Å². The van der Waals surface area contributed by atoms with Crippen molar-refractivity contribution in [3.8, 4) is 0 Å². The fourth-order valence-corrected chi connectivity index (χ4v) is 2.64. The van der Waals surface area contributed by atoms with Gasteiger partial charge < -0.3 is 4.90 Å². The predicted molar refractivity (Wildman–Crippen MR) is 102 cm³/mol. The number of Topliss-reactive ketones (excluding diaryl/α,β-unsaturated/α-hetero) is 1. The Labute approximate surface area is 150 Å². The van der Waals surface area contributed by atoms with E-state index in [0.29, 0.717) is 29.9 Å². The Morgan fingerprint density at radius 2 is 1.24 bits per heavy atom. The zero-order valence-corrected chi connectivity index (χ0v) is 15.4. The summed E-state index contributed by atoms with van der Waals surface area (Å²) in [6, 6.07) is 14.8. The molecule has 0 saturated carbocycles. The maximum atomic E-state index is 13.0. The number of carbonyl (C=O) groups is 2. The van der Waals surface area contributed by atoms with Crippen molar-refractivity contribution < 1.29 is 9.59 Å². The monoisotopic (exact) mass is 335 g/mol. The Morgan fingerprint density at radius 1 is 0.800 bits per heavy atom. The lowest BCUT2D eigenvalue weighted by Crippen LogP contribution is -2.28. The summed E-state index contributed by atoms with van der Waals surface area (Å²) in [7, 11) is 0. The quantitative estimate of drug-likeness (QED) is 0.548. The Morgan fingerprint density at radius 3 is 1.68 bits per heavy atom. The highest BCUT2D eigenvalue weighted by Gasteiger charge is 2.19. The van der Waals surface area contributed by atoms with Crippen LogP contribution in [0.1, 0.15) is 45.7 Å². The molecule has 3 nitrogen and oxygen atoms in total. The first-order chi connectivity index (χ1) is 12.0. The molecule has 0 bridgehead atoms. The minimum atomic E-state index is -0.151. The van der Waals surface area contributed by atoms with E-state index in [-0.39, 0.29) is 11.6 Å². The molecule has 0 saturated heterocycles. The number of benzene rings is 2. The Bertz CT molecular complexity index is 767. The largest absolute Gasteiger partial charge is 0.369 e. The lowest BCUT2D eigenvalue weighted by atomic mass is 10.0. The van der Waals surface area contributed by atoms with Gasteiger partial charge in [0.25, 0.3) is 0 Å². The van der Waals surface area contributed by atoms with Crippen molar-refractivity contribution in [1.29, 1.82) is 0 Å². The Hall–Kier alpha value is -2.68. The van der Waals surface area contributed by atoms with Crippen LogP contribution in [0.3, 0.4) is 0 Å². The van der Waals surface area contributed by atoms with Gasteiger partial charge in [0.05, 0.1) is 5.70 Å².